The number of nitrogens with one attached hydrogen (secondary N) is 1. The lowest BCUT2D eigenvalue weighted by molar-refractivity contribution is -0.0501. The van der Waals surface area contributed by atoms with Gasteiger partial charge in [-0.05, 0) is 35.4 Å². The van der Waals surface area contributed by atoms with Gasteiger partial charge in [0.25, 0.3) is 5.91 Å². The van der Waals surface area contributed by atoms with E-state index in [1.54, 1.807) is 6.07 Å². The number of imidazole rings is 1. The first-order valence-corrected chi connectivity index (χ1v) is 9.40. The maximum Gasteiger partial charge on any atom is 0.387 e. The minimum absolute atomic E-state index is 0.0707. The number of carbonyl (C=O) groups is 1. The highest BCUT2D eigenvalue weighted by molar-refractivity contribution is 5.96. The molecule has 0 saturated heterocycles. The van der Waals surface area contributed by atoms with Crippen molar-refractivity contribution in [2.24, 2.45) is 0 Å². The number of alkyl halides is 2. The van der Waals surface area contributed by atoms with Gasteiger partial charge in [-0.25, -0.2) is 4.98 Å². The molecule has 0 unspecified atom stereocenters. The van der Waals surface area contributed by atoms with Crippen molar-refractivity contribution in [3.63, 3.8) is 0 Å². The molecule has 1 N–H and O–H groups in total. The largest absolute Gasteiger partial charge is 0.434 e. The normalized spacial score (nSPS) is 11.0. The molecule has 1 amide bonds. The van der Waals surface area contributed by atoms with Gasteiger partial charge in [0.15, 0.2) is 0 Å². The van der Waals surface area contributed by atoms with E-state index in [4.69, 9.17) is 0 Å². The van der Waals surface area contributed by atoms with Crippen LogP contribution >= 0.6 is 0 Å². The number of benzene rings is 3. The highest BCUT2D eigenvalue weighted by atomic mass is 19.3. The van der Waals surface area contributed by atoms with Crippen LogP contribution in [0.25, 0.3) is 11.0 Å². The fourth-order valence-corrected chi connectivity index (χ4v) is 3.23. The van der Waals surface area contributed by atoms with Crippen molar-refractivity contribution in [2.45, 2.75) is 19.7 Å². The van der Waals surface area contributed by atoms with Crippen LogP contribution in [0.3, 0.4) is 0 Å². The summed E-state index contributed by atoms with van der Waals surface area (Å²) in [5, 5.41) is 2.74. The van der Waals surface area contributed by atoms with E-state index in [0.717, 1.165) is 22.2 Å². The van der Waals surface area contributed by atoms with Crippen molar-refractivity contribution >= 4 is 16.9 Å². The number of rotatable bonds is 7. The second-order valence-corrected chi connectivity index (χ2v) is 6.74. The first kappa shape index (κ1) is 19.6. The summed E-state index contributed by atoms with van der Waals surface area (Å²) in [6.07, 6.45) is 1.82. The summed E-state index contributed by atoms with van der Waals surface area (Å²) in [4.78, 5) is 16.8. The van der Waals surface area contributed by atoms with Crippen LogP contribution in [-0.4, -0.2) is 22.1 Å². The number of ether oxygens (including phenoxy) is 1. The summed E-state index contributed by atoms with van der Waals surface area (Å²) in [5.41, 5.74) is 4.09. The summed E-state index contributed by atoms with van der Waals surface area (Å²) < 4.78 is 31.5. The van der Waals surface area contributed by atoms with Crippen LogP contribution in [0.5, 0.6) is 5.75 Å². The van der Waals surface area contributed by atoms with Gasteiger partial charge in [0.05, 0.1) is 22.9 Å². The molecule has 0 atom stereocenters. The Morgan fingerprint density at radius 2 is 1.67 bits per heavy atom. The zero-order valence-electron chi connectivity index (χ0n) is 16.0. The van der Waals surface area contributed by atoms with Crippen LogP contribution < -0.4 is 10.1 Å². The Balaban J connectivity index is 1.39. The number of carbonyl (C=O) groups excluding carboxylic acids is 1. The molecular formula is C23H19F2N3O2. The van der Waals surface area contributed by atoms with Crippen molar-refractivity contribution in [1.82, 2.24) is 14.9 Å². The molecule has 152 valence electrons. The molecule has 0 radical (unpaired) electrons. The summed E-state index contributed by atoms with van der Waals surface area (Å²) >= 11 is 0. The topological polar surface area (TPSA) is 56.2 Å². The monoisotopic (exact) mass is 407 g/mol. The zero-order chi connectivity index (χ0) is 20.9. The van der Waals surface area contributed by atoms with Crippen LogP contribution in [0, 0.1) is 0 Å². The van der Waals surface area contributed by atoms with Gasteiger partial charge in [-0.1, -0.05) is 48.5 Å². The van der Waals surface area contributed by atoms with E-state index in [2.05, 4.69) is 19.6 Å². The number of aromatic nitrogens is 2. The molecule has 7 heteroatoms. The van der Waals surface area contributed by atoms with E-state index in [1.165, 1.54) is 18.2 Å². The average molecular weight is 407 g/mol. The number of hydrogen-bond donors (Lipinski definition) is 1. The van der Waals surface area contributed by atoms with E-state index in [1.807, 2.05) is 54.9 Å². The molecule has 1 heterocycles. The second kappa shape index (κ2) is 8.73. The summed E-state index contributed by atoms with van der Waals surface area (Å²) in [6.45, 7) is -2.03. The Bertz CT molecular complexity index is 1160. The second-order valence-electron chi connectivity index (χ2n) is 6.74. The van der Waals surface area contributed by atoms with Gasteiger partial charge in [0.1, 0.15) is 5.75 Å². The number of hydrogen-bond acceptors (Lipinski definition) is 3. The maximum atomic E-state index is 12.5. The number of halogens is 2. The fraction of sp³-hybridized carbons (Fsp3) is 0.130. The van der Waals surface area contributed by atoms with Crippen LogP contribution in [0.4, 0.5) is 8.78 Å². The van der Waals surface area contributed by atoms with Gasteiger partial charge in [0.2, 0.25) is 0 Å². The quantitative estimate of drug-likeness (QED) is 0.487. The number of amides is 1. The molecule has 0 fully saturated rings. The van der Waals surface area contributed by atoms with Crippen molar-refractivity contribution in [3.05, 3.63) is 95.8 Å². The Hall–Kier alpha value is -3.74. The van der Waals surface area contributed by atoms with Crippen molar-refractivity contribution in [1.29, 1.82) is 0 Å². The lowest BCUT2D eigenvalue weighted by Gasteiger charge is -2.11. The number of fused-ring (bicyclic) bond motifs is 1. The first-order valence-electron chi connectivity index (χ1n) is 9.40. The predicted octanol–water partition coefficient (Wildman–Crippen LogP) is 4.62. The van der Waals surface area contributed by atoms with Gasteiger partial charge in [0, 0.05) is 13.1 Å². The molecular weight excluding hydrogens is 388 g/mol. The number of para-hydroxylation sites is 3. The average Bonchev–Trinajstić information content (AvgIpc) is 3.16. The molecule has 0 aliphatic carbocycles. The SMILES string of the molecule is O=C(NCc1ccc(Cn2cnc3ccccc32)cc1)c1ccccc1OC(F)F. The summed E-state index contributed by atoms with van der Waals surface area (Å²) in [5.74, 6) is -0.617. The van der Waals surface area contributed by atoms with Gasteiger partial charge in [-0.15, -0.1) is 0 Å². The Morgan fingerprint density at radius 1 is 0.967 bits per heavy atom. The van der Waals surface area contributed by atoms with Crippen LogP contribution in [0.2, 0.25) is 0 Å². The van der Waals surface area contributed by atoms with E-state index in [9.17, 15) is 13.6 Å². The number of nitrogens with zero attached hydrogens (tertiary/aromatic N) is 2. The fourth-order valence-electron chi connectivity index (χ4n) is 3.23. The van der Waals surface area contributed by atoms with Crippen molar-refractivity contribution < 1.29 is 18.3 Å². The molecule has 0 saturated carbocycles. The highest BCUT2D eigenvalue weighted by Gasteiger charge is 2.15. The minimum atomic E-state index is -2.99. The predicted molar refractivity (Wildman–Crippen MR) is 110 cm³/mol. The minimum Gasteiger partial charge on any atom is -0.434 e. The van der Waals surface area contributed by atoms with Gasteiger partial charge in [-0.2, -0.15) is 8.78 Å². The standard InChI is InChI=1S/C23H19F2N3O2/c24-23(25)30-21-8-4-1-5-18(21)22(29)26-13-16-9-11-17(12-10-16)14-28-15-27-19-6-2-3-7-20(19)28/h1-12,15,23H,13-14H2,(H,26,29). The van der Waals surface area contributed by atoms with Crippen LogP contribution in [0.15, 0.2) is 79.1 Å². The van der Waals surface area contributed by atoms with E-state index >= 15 is 0 Å². The Kier molecular flexibility index (Phi) is 5.70. The van der Waals surface area contributed by atoms with Crippen molar-refractivity contribution in [3.8, 4) is 5.75 Å². The molecule has 4 aromatic rings. The lowest BCUT2D eigenvalue weighted by atomic mass is 10.1. The van der Waals surface area contributed by atoms with E-state index in [-0.39, 0.29) is 17.9 Å². The molecule has 30 heavy (non-hydrogen) atoms. The molecule has 0 bridgehead atoms. The van der Waals surface area contributed by atoms with Crippen LogP contribution in [0.1, 0.15) is 21.5 Å². The molecule has 0 aliphatic rings. The van der Waals surface area contributed by atoms with Crippen LogP contribution in [-0.2, 0) is 13.1 Å². The smallest absolute Gasteiger partial charge is 0.387 e. The molecule has 0 spiro atoms. The third kappa shape index (κ3) is 4.46. The molecule has 3 aromatic carbocycles. The van der Waals surface area contributed by atoms with Crippen molar-refractivity contribution in [2.75, 3.05) is 0 Å². The van der Waals surface area contributed by atoms with Gasteiger partial charge < -0.3 is 14.6 Å². The van der Waals surface area contributed by atoms with Gasteiger partial charge in [-0.3, -0.25) is 4.79 Å². The maximum absolute atomic E-state index is 12.5. The van der Waals surface area contributed by atoms with E-state index in [0.29, 0.717) is 6.54 Å². The summed E-state index contributed by atoms with van der Waals surface area (Å²) in [7, 11) is 0. The molecule has 5 nitrogen and oxygen atoms in total. The van der Waals surface area contributed by atoms with E-state index < -0.39 is 12.5 Å². The molecule has 4 rings (SSSR count). The lowest BCUT2D eigenvalue weighted by Crippen LogP contribution is -2.23. The Morgan fingerprint density at radius 3 is 2.47 bits per heavy atom. The highest BCUT2D eigenvalue weighted by Crippen LogP contribution is 2.20. The summed E-state index contributed by atoms with van der Waals surface area (Å²) in [6, 6.07) is 21.7. The first-order chi connectivity index (χ1) is 14.6. The third-order valence-electron chi connectivity index (χ3n) is 4.70. The molecule has 1 aromatic heterocycles. The Labute approximate surface area is 171 Å². The molecule has 0 aliphatic heterocycles. The zero-order valence-corrected chi connectivity index (χ0v) is 16.0. The van der Waals surface area contributed by atoms with Gasteiger partial charge >= 0.3 is 6.61 Å². The third-order valence-corrected chi connectivity index (χ3v) is 4.70.